The summed E-state index contributed by atoms with van der Waals surface area (Å²) < 4.78 is 13.5. The van der Waals surface area contributed by atoms with Crippen molar-refractivity contribution in [3.05, 3.63) is 41.8 Å². The Morgan fingerprint density at radius 2 is 1.94 bits per heavy atom. The van der Waals surface area contributed by atoms with E-state index >= 15 is 0 Å². The molecule has 4 nitrogen and oxygen atoms in total. The molecule has 0 spiro atoms. The lowest BCUT2D eigenvalue weighted by molar-refractivity contribution is 0.630. The fourth-order valence-corrected chi connectivity index (χ4v) is 1.39. The third-order valence-electron chi connectivity index (χ3n) is 2.12. The molecule has 0 unspecified atom stereocenters. The first-order chi connectivity index (χ1) is 7.70. The highest BCUT2D eigenvalue weighted by molar-refractivity contribution is 5.57. The third kappa shape index (κ3) is 1.99. The van der Waals surface area contributed by atoms with Crippen LogP contribution in [0.2, 0.25) is 0 Å². The van der Waals surface area contributed by atoms with Crippen molar-refractivity contribution in [1.29, 1.82) is 0 Å². The summed E-state index contributed by atoms with van der Waals surface area (Å²) in [4.78, 5) is 8.11. The van der Waals surface area contributed by atoms with Crippen LogP contribution in [0.25, 0.3) is 11.4 Å². The summed E-state index contributed by atoms with van der Waals surface area (Å²) in [5.41, 5.74) is 12.0. The van der Waals surface area contributed by atoms with Gasteiger partial charge < -0.3 is 11.5 Å². The first-order valence-corrected chi connectivity index (χ1v) is 4.79. The number of anilines is 1. The van der Waals surface area contributed by atoms with Gasteiger partial charge in [0.05, 0.1) is 11.3 Å². The molecule has 1 heterocycles. The summed E-state index contributed by atoms with van der Waals surface area (Å²) >= 11 is 0. The van der Waals surface area contributed by atoms with Crippen LogP contribution in [0.5, 0.6) is 0 Å². The zero-order valence-electron chi connectivity index (χ0n) is 8.52. The van der Waals surface area contributed by atoms with Crippen molar-refractivity contribution >= 4 is 5.82 Å². The Bertz CT molecular complexity index is 513. The summed E-state index contributed by atoms with van der Waals surface area (Å²) in [5.74, 6) is 0.170. The largest absolute Gasteiger partial charge is 0.384 e. The Morgan fingerprint density at radius 3 is 2.62 bits per heavy atom. The Balaban J connectivity index is 2.56. The van der Waals surface area contributed by atoms with Crippen molar-refractivity contribution in [1.82, 2.24) is 9.97 Å². The molecule has 2 aromatic rings. The van der Waals surface area contributed by atoms with Crippen LogP contribution >= 0.6 is 0 Å². The highest BCUT2D eigenvalue weighted by Crippen LogP contribution is 2.19. The molecule has 0 aliphatic carbocycles. The Hall–Kier alpha value is -2.01. The summed E-state index contributed by atoms with van der Waals surface area (Å²) in [6.45, 7) is 0.244. The Kier molecular flexibility index (Phi) is 2.78. The third-order valence-corrected chi connectivity index (χ3v) is 2.12. The van der Waals surface area contributed by atoms with Gasteiger partial charge in [-0.15, -0.1) is 0 Å². The van der Waals surface area contributed by atoms with Gasteiger partial charge in [0.15, 0.2) is 5.82 Å². The predicted molar refractivity (Wildman–Crippen MR) is 59.7 cm³/mol. The van der Waals surface area contributed by atoms with Crippen LogP contribution in [0.3, 0.4) is 0 Å². The smallest absolute Gasteiger partial charge is 0.164 e. The first kappa shape index (κ1) is 10.5. The zero-order chi connectivity index (χ0) is 11.5. The average molecular weight is 218 g/mol. The van der Waals surface area contributed by atoms with E-state index in [2.05, 4.69) is 9.97 Å². The van der Waals surface area contributed by atoms with Gasteiger partial charge in [0.1, 0.15) is 11.6 Å². The summed E-state index contributed by atoms with van der Waals surface area (Å²) in [5, 5.41) is 0. The summed E-state index contributed by atoms with van der Waals surface area (Å²) in [6, 6.07) is 7.85. The van der Waals surface area contributed by atoms with Gasteiger partial charge in [-0.2, -0.15) is 0 Å². The molecule has 0 aliphatic rings. The topological polar surface area (TPSA) is 77.8 Å². The fraction of sp³-hybridized carbons (Fsp3) is 0.0909. The molecule has 0 aliphatic heterocycles. The van der Waals surface area contributed by atoms with Crippen molar-refractivity contribution in [2.45, 2.75) is 6.54 Å². The molecule has 5 heteroatoms. The number of aromatic nitrogens is 2. The van der Waals surface area contributed by atoms with E-state index in [4.69, 9.17) is 11.5 Å². The quantitative estimate of drug-likeness (QED) is 0.797. The van der Waals surface area contributed by atoms with E-state index in [1.165, 1.54) is 6.07 Å². The van der Waals surface area contributed by atoms with Crippen molar-refractivity contribution in [2.24, 2.45) is 5.73 Å². The number of halogens is 1. The molecule has 0 saturated heterocycles. The van der Waals surface area contributed by atoms with Crippen molar-refractivity contribution in [3.8, 4) is 11.4 Å². The lowest BCUT2D eigenvalue weighted by atomic mass is 10.2. The van der Waals surface area contributed by atoms with Crippen LogP contribution in [0.1, 0.15) is 5.69 Å². The molecule has 1 aromatic heterocycles. The lowest BCUT2D eigenvalue weighted by Gasteiger charge is -2.05. The standard InChI is InChI=1S/C11H11FN4/c12-9-4-2-1-3-8(9)11-15-7(6-13)5-10(14)16-11/h1-5H,6,13H2,(H2,14,15,16). The molecular weight excluding hydrogens is 207 g/mol. The van der Waals surface area contributed by atoms with Gasteiger partial charge in [-0.25, -0.2) is 14.4 Å². The molecular formula is C11H11FN4. The van der Waals surface area contributed by atoms with Gasteiger partial charge in [0.2, 0.25) is 0 Å². The molecule has 0 atom stereocenters. The van der Waals surface area contributed by atoms with Gasteiger partial charge in [-0.1, -0.05) is 12.1 Å². The minimum Gasteiger partial charge on any atom is -0.384 e. The van der Waals surface area contributed by atoms with Gasteiger partial charge in [0.25, 0.3) is 0 Å². The highest BCUT2D eigenvalue weighted by atomic mass is 19.1. The molecule has 0 bridgehead atoms. The van der Waals surface area contributed by atoms with Crippen molar-refractivity contribution in [3.63, 3.8) is 0 Å². The van der Waals surface area contributed by atoms with Crippen LogP contribution in [0, 0.1) is 5.82 Å². The van der Waals surface area contributed by atoms with Crippen LogP contribution < -0.4 is 11.5 Å². The molecule has 1 aromatic carbocycles. The molecule has 0 radical (unpaired) electrons. The number of rotatable bonds is 2. The second-order valence-corrected chi connectivity index (χ2v) is 3.29. The Morgan fingerprint density at radius 1 is 1.19 bits per heavy atom. The number of benzene rings is 1. The minimum absolute atomic E-state index is 0.244. The van der Waals surface area contributed by atoms with E-state index in [9.17, 15) is 4.39 Å². The van der Waals surface area contributed by atoms with Crippen molar-refractivity contribution in [2.75, 3.05) is 5.73 Å². The van der Waals surface area contributed by atoms with E-state index in [-0.39, 0.29) is 24.0 Å². The summed E-state index contributed by atoms with van der Waals surface area (Å²) in [7, 11) is 0. The molecule has 0 fully saturated rings. The maximum Gasteiger partial charge on any atom is 0.164 e. The van der Waals surface area contributed by atoms with Crippen LogP contribution in [0.4, 0.5) is 10.2 Å². The van der Waals surface area contributed by atoms with E-state index < -0.39 is 0 Å². The lowest BCUT2D eigenvalue weighted by Crippen LogP contribution is -2.05. The van der Waals surface area contributed by atoms with E-state index in [0.717, 1.165) is 0 Å². The van der Waals surface area contributed by atoms with Gasteiger partial charge in [0, 0.05) is 12.6 Å². The molecule has 0 saturated carbocycles. The first-order valence-electron chi connectivity index (χ1n) is 4.79. The molecule has 16 heavy (non-hydrogen) atoms. The van der Waals surface area contributed by atoms with Crippen LogP contribution in [-0.4, -0.2) is 9.97 Å². The molecule has 0 amide bonds. The second-order valence-electron chi connectivity index (χ2n) is 3.29. The van der Waals surface area contributed by atoms with Crippen LogP contribution in [0.15, 0.2) is 30.3 Å². The van der Waals surface area contributed by atoms with E-state index in [1.807, 2.05) is 0 Å². The van der Waals surface area contributed by atoms with E-state index in [1.54, 1.807) is 24.3 Å². The number of nitrogen functional groups attached to an aromatic ring is 1. The van der Waals surface area contributed by atoms with Gasteiger partial charge in [-0.3, -0.25) is 0 Å². The van der Waals surface area contributed by atoms with Gasteiger partial charge in [-0.05, 0) is 12.1 Å². The second kappa shape index (κ2) is 4.24. The molecule has 2 rings (SSSR count). The maximum absolute atomic E-state index is 13.5. The SMILES string of the molecule is NCc1cc(N)nc(-c2ccccc2F)n1. The normalized spacial score (nSPS) is 10.4. The maximum atomic E-state index is 13.5. The average Bonchev–Trinajstić information content (AvgIpc) is 2.28. The number of hydrogen-bond donors (Lipinski definition) is 2. The van der Waals surface area contributed by atoms with E-state index in [0.29, 0.717) is 11.3 Å². The summed E-state index contributed by atoms with van der Waals surface area (Å²) in [6.07, 6.45) is 0. The number of hydrogen-bond acceptors (Lipinski definition) is 4. The monoisotopic (exact) mass is 218 g/mol. The number of nitrogens with zero attached hydrogens (tertiary/aromatic N) is 2. The predicted octanol–water partition coefficient (Wildman–Crippen LogP) is 1.32. The number of nitrogens with two attached hydrogens (primary N) is 2. The Labute approximate surface area is 92.1 Å². The zero-order valence-corrected chi connectivity index (χ0v) is 8.52. The molecule has 4 N–H and O–H groups in total. The molecule has 82 valence electrons. The van der Waals surface area contributed by atoms with Crippen LogP contribution in [-0.2, 0) is 6.54 Å². The highest BCUT2D eigenvalue weighted by Gasteiger charge is 2.08. The minimum atomic E-state index is -0.379. The van der Waals surface area contributed by atoms with Gasteiger partial charge >= 0.3 is 0 Å². The fourth-order valence-electron chi connectivity index (χ4n) is 1.39. The van der Waals surface area contributed by atoms with Crippen molar-refractivity contribution < 1.29 is 4.39 Å².